The number of para-hydroxylation sites is 1. The van der Waals surface area contributed by atoms with Crippen LogP contribution in [0, 0.1) is 6.92 Å². The Kier molecular flexibility index (Phi) is 4.95. The summed E-state index contributed by atoms with van der Waals surface area (Å²) in [4.78, 5) is 16.3. The van der Waals surface area contributed by atoms with Crippen LogP contribution in [0.2, 0.25) is 0 Å². The standard InChI is InChI=1S/C18H23N3O2/c1-14-5-2-3-6-16(14)23-12-4-7-18(22)20-15-8-9-17-19-10-11-21(17)13-15/h2-3,5-6,10-11,15H,4,7-9,12-13H2,1H3,(H,20,22). The van der Waals surface area contributed by atoms with E-state index in [1.54, 1.807) is 0 Å². The molecule has 122 valence electrons. The smallest absolute Gasteiger partial charge is 0.220 e. The monoisotopic (exact) mass is 313 g/mol. The summed E-state index contributed by atoms with van der Waals surface area (Å²) in [6, 6.07) is 8.14. The van der Waals surface area contributed by atoms with Gasteiger partial charge in [-0.05, 0) is 31.4 Å². The molecule has 1 aliphatic rings. The number of amides is 1. The van der Waals surface area contributed by atoms with Crippen LogP contribution in [-0.2, 0) is 17.8 Å². The van der Waals surface area contributed by atoms with Crippen molar-refractivity contribution in [3.8, 4) is 5.75 Å². The molecular formula is C18H23N3O2. The van der Waals surface area contributed by atoms with E-state index >= 15 is 0 Å². The van der Waals surface area contributed by atoms with E-state index < -0.39 is 0 Å². The maximum Gasteiger partial charge on any atom is 0.220 e. The summed E-state index contributed by atoms with van der Waals surface area (Å²) in [5.41, 5.74) is 1.12. The number of aromatic nitrogens is 2. The van der Waals surface area contributed by atoms with Gasteiger partial charge < -0.3 is 14.6 Å². The second kappa shape index (κ2) is 7.31. The largest absolute Gasteiger partial charge is 0.493 e. The van der Waals surface area contributed by atoms with Crippen molar-refractivity contribution in [2.75, 3.05) is 6.61 Å². The first-order chi connectivity index (χ1) is 11.2. The van der Waals surface area contributed by atoms with E-state index in [-0.39, 0.29) is 11.9 Å². The number of carbonyl (C=O) groups is 1. The molecule has 2 aromatic rings. The summed E-state index contributed by atoms with van der Waals surface area (Å²) in [5, 5.41) is 3.12. The number of rotatable bonds is 6. The zero-order valence-corrected chi connectivity index (χ0v) is 13.5. The number of ether oxygens (including phenoxy) is 1. The third-order valence-electron chi connectivity index (χ3n) is 4.20. The van der Waals surface area contributed by atoms with Crippen LogP contribution in [0.15, 0.2) is 36.7 Å². The summed E-state index contributed by atoms with van der Waals surface area (Å²) >= 11 is 0. The van der Waals surface area contributed by atoms with Crippen molar-refractivity contribution in [2.24, 2.45) is 0 Å². The van der Waals surface area contributed by atoms with Crippen molar-refractivity contribution in [1.82, 2.24) is 14.9 Å². The fraction of sp³-hybridized carbons (Fsp3) is 0.444. The van der Waals surface area contributed by atoms with Crippen LogP contribution in [0.4, 0.5) is 0 Å². The van der Waals surface area contributed by atoms with E-state index in [1.807, 2.05) is 43.6 Å². The van der Waals surface area contributed by atoms with E-state index in [2.05, 4.69) is 14.9 Å². The Morgan fingerprint density at radius 1 is 1.43 bits per heavy atom. The molecule has 3 rings (SSSR count). The highest BCUT2D eigenvalue weighted by molar-refractivity contribution is 5.76. The highest BCUT2D eigenvalue weighted by atomic mass is 16.5. The first-order valence-electron chi connectivity index (χ1n) is 8.20. The van der Waals surface area contributed by atoms with Gasteiger partial charge in [0.1, 0.15) is 11.6 Å². The van der Waals surface area contributed by atoms with Gasteiger partial charge in [-0.15, -0.1) is 0 Å². The Morgan fingerprint density at radius 3 is 3.17 bits per heavy atom. The number of nitrogens with zero attached hydrogens (tertiary/aromatic N) is 2. The lowest BCUT2D eigenvalue weighted by Gasteiger charge is -2.24. The van der Waals surface area contributed by atoms with Gasteiger partial charge in [-0.2, -0.15) is 0 Å². The second-order valence-electron chi connectivity index (χ2n) is 6.02. The number of fused-ring (bicyclic) bond motifs is 1. The van der Waals surface area contributed by atoms with Crippen LogP contribution in [0.25, 0.3) is 0 Å². The Labute approximate surface area is 136 Å². The SMILES string of the molecule is Cc1ccccc1OCCCC(=O)NC1CCc2nccn2C1. The molecule has 1 amide bonds. The molecule has 0 aliphatic carbocycles. The lowest BCUT2D eigenvalue weighted by molar-refractivity contribution is -0.122. The number of hydrogen-bond donors (Lipinski definition) is 1. The zero-order chi connectivity index (χ0) is 16.1. The molecule has 1 atom stereocenters. The predicted octanol–water partition coefficient (Wildman–Crippen LogP) is 2.48. The van der Waals surface area contributed by atoms with E-state index in [0.717, 1.165) is 42.9 Å². The van der Waals surface area contributed by atoms with E-state index in [1.165, 1.54) is 0 Å². The summed E-state index contributed by atoms with van der Waals surface area (Å²) in [6.07, 6.45) is 6.91. The summed E-state index contributed by atoms with van der Waals surface area (Å²) in [6.45, 7) is 3.41. The van der Waals surface area contributed by atoms with Crippen molar-refractivity contribution >= 4 is 5.91 Å². The maximum atomic E-state index is 12.0. The number of benzene rings is 1. The van der Waals surface area contributed by atoms with Gasteiger partial charge >= 0.3 is 0 Å². The lowest BCUT2D eigenvalue weighted by Crippen LogP contribution is -2.40. The van der Waals surface area contributed by atoms with Crippen molar-refractivity contribution in [1.29, 1.82) is 0 Å². The van der Waals surface area contributed by atoms with Crippen molar-refractivity contribution in [2.45, 2.75) is 45.2 Å². The number of aryl methyl sites for hydroxylation is 2. The molecule has 23 heavy (non-hydrogen) atoms. The highest BCUT2D eigenvalue weighted by Gasteiger charge is 2.19. The van der Waals surface area contributed by atoms with Crippen LogP contribution >= 0.6 is 0 Å². The predicted molar refractivity (Wildman–Crippen MR) is 88.4 cm³/mol. The molecule has 0 radical (unpaired) electrons. The highest BCUT2D eigenvalue weighted by Crippen LogP contribution is 2.16. The Hall–Kier alpha value is -2.30. The summed E-state index contributed by atoms with van der Waals surface area (Å²) < 4.78 is 7.84. The lowest BCUT2D eigenvalue weighted by atomic mass is 10.1. The minimum Gasteiger partial charge on any atom is -0.493 e. The molecule has 1 unspecified atom stereocenters. The Balaban J connectivity index is 1.36. The first-order valence-corrected chi connectivity index (χ1v) is 8.20. The fourth-order valence-electron chi connectivity index (χ4n) is 2.92. The van der Waals surface area contributed by atoms with Gasteiger partial charge in [0.25, 0.3) is 0 Å². The Morgan fingerprint density at radius 2 is 2.30 bits per heavy atom. The molecular weight excluding hydrogens is 290 g/mol. The van der Waals surface area contributed by atoms with Gasteiger partial charge in [0.05, 0.1) is 6.61 Å². The number of carbonyl (C=O) groups excluding carboxylic acids is 1. The molecule has 0 bridgehead atoms. The molecule has 1 N–H and O–H groups in total. The molecule has 1 aromatic heterocycles. The quantitative estimate of drug-likeness (QED) is 0.834. The van der Waals surface area contributed by atoms with Gasteiger partial charge in [0.2, 0.25) is 5.91 Å². The third-order valence-corrected chi connectivity index (χ3v) is 4.20. The third kappa shape index (κ3) is 4.12. The minimum atomic E-state index is 0.104. The summed E-state index contributed by atoms with van der Waals surface area (Å²) in [5.74, 6) is 2.11. The van der Waals surface area contributed by atoms with Gasteiger partial charge in [-0.1, -0.05) is 18.2 Å². The fourth-order valence-corrected chi connectivity index (χ4v) is 2.92. The molecule has 2 heterocycles. The molecule has 1 aliphatic heterocycles. The summed E-state index contributed by atoms with van der Waals surface area (Å²) in [7, 11) is 0. The topological polar surface area (TPSA) is 56.1 Å². The van der Waals surface area contributed by atoms with Crippen LogP contribution in [0.3, 0.4) is 0 Å². The van der Waals surface area contributed by atoms with Crippen molar-refractivity contribution in [3.63, 3.8) is 0 Å². The molecule has 0 saturated carbocycles. The normalized spacial score (nSPS) is 16.7. The molecule has 0 fully saturated rings. The van der Waals surface area contributed by atoms with Crippen LogP contribution < -0.4 is 10.1 Å². The van der Waals surface area contributed by atoms with Gasteiger partial charge in [-0.25, -0.2) is 4.98 Å². The molecule has 5 heteroatoms. The van der Waals surface area contributed by atoms with Gasteiger partial charge in [0.15, 0.2) is 0 Å². The van der Waals surface area contributed by atoms with Crippen molar-refractivity contribution < 1.29 is 9.53 Å². The molecule has 1 aromatic carbocycles. The molecule has 5 nitrogen and oxygen atoms in total. The van der Waals surface area contributed by atoms with Crippen molar-refractivity contribution in [3.05, 3.63) is 48.0 Å². The average Bonchev–Trinajstić information content (AvgIpc) is 3.01. The van der Waals surface area contributed by atoms with Crippen LogP contribution in [0.1, 0.15) is 30.7 Å². The second-order valence-corrected chi connectivity index (χ2v) is 6.02. The van der Waals surface area contributed by atoms with Crippen LogP contribution in [-0.4, -0.2) is 28.1 Å². The maximum absolute atomic E-state index is 12.0. The Bertz CT molecular complexity index is 666. The van der Waals surface area contributed by atoms with E-state index in [4.69, 9.17) is 4.74 Å². The van der Waals surface area contributed by atoms with E-state index in [0.29, 0.717) is 13.0 Å². The van der Waals surface area contributed by atoms with Gasteiger partial charge in [-0.3, -0.25) is 4.79 Å². The van der Waals surface area contributed by atoms with Gasteiger partial charge in [0, 0.05) is 37.8 Å². The van der Waals surface area contributed by atoms with E-state index in [9.17, 15) is 4.79 Å². The molecule has 0 saturated heterocycles. The molecule has 0 spiro atoms. The average molecular weight is 313 g/mol. The zero-order valence-electron chi connectivity index (χ0n) is 13.5. The number of nitrogens with one attached hydrogen (secondary N) is 1. The minimum absolute atomic E-state index is 0.104. The number of hydrogen-bond acceptors (Lipinski definition) is 3. The first kappa shape index (κ1) is 15.6. The number of imidazole rings is 1. The van der Waals surface area contributed by atoms with Crippen LogP contribution in [0.5, 0.6) is 5.75 Å².